The van der Waals surface area contributed by atoms with Crippen molar-refractivity contribution in [3.05, 3.63) is 95.1 Å². The first-order chi connectivity index (χ1) is 19.2. The number of hydrogen-bond donors (Lipinski definition) is 3. The molecule has 3 N–H and O–H groups in total. The van der Waals surface area contributed by atoms with E-state index >= 15 is 0 Å². The van der Waals surface area contributed by atoms with Gasteiger partial charge in [-0.15, -0.1) is 0 Å². The van der Waals surface area contributed by atoms with Gasteiger partial charge in [0, 0.05) is 49.4 Å². The topological polar surface area (TPSA) is 90.9 Å². The smallest absolute Gasteiger partial charge is 0.251 e. The van der Waals surface area contributed by atoms with Crippen LogP contribution in [0.2, 0.25) is 0 Å². The maximum atomic E-state index is 13.5. The number of amides is 2. The Morgan fingerprint density at radius 3 is 2.40 bits per heavy atom. The summed E-state index contributed by atoms with van der Waals surface area (Å²) in [6, 6.07) is 17.1. The summed E-state index contributed by atoms with van der Waals surface area (Å²) in [6.45, 7) is 4.54. The Morgan fingerprint density at radius 1 is 1.02 bits per heavy atom. The third-order valence-electron chi connectivity index (χ3n) is 6.59. The van der Waals surface area contributed by atoms with Gasteiger partial charge in [-0.1, -0.05) is 30.3 Å². The number of nitrogens with zero attached hydrogens (tertiary/aromatic N) is 1. The van der Waals surface area contributed by atoms with Crippen LogP contribution in [0.5, 0.6) is 5.75 Å². The van der Waals surface area contributed by atoms with Gasteiger partial charge >= 0.3 is 0 Å². The molecule has 0 aliphatic carbocycles. The SMILES string of the molecule is CC(C)Oc1cc(C(=O)N[C@@H](Cc2ccccc2)[C@H](O)CNCc2cc(F)cc(F)c2)cc(N2CCCC2=O)c1. The number of halogens is 2. The minimum Gasteiger partial charge on any atom is -0.491 e. The first kappa shape index (κ1) is 29.2. The number of ether oxygens (including phenoxy) is 1. The quantitative estimate of drug-likeness (QED) is 0.311. The molecule has 3 aromatic rings. The Kier molecular flexibility index (Phi) is 9.84. The standard InChI is InChI=1S/C31H35F2N3O4/c1-20(2)40-27-15-23(14-26(17-27)36-10-6-9-30(36)38)31(39)35-28(13-21-7-4-3-5-8-21)29(37)19-34-18-22-11-24(32)16-25(33)12-22/h3-5,7-8,11-12,14-17,20,28-29,34,37H,6,9-10,13,18-19H2,1-2H3,(H,35,39)/t28-,29+/m0/s1. The van der Waals surface area contributed by atoms with Crippen molar-refractivity contribution in [2.75, 3.05) is 18.0 Å². The molecular formula is C31H35F2N3O4. The van der Waals surface area contributed by atoms with Crippen molar-refractivity contribution in [2.24, 2.45) is 0 Å². The van der Waals surface area contributed by atoms with Crippen LogP contribution in [0.25, 0.3) is 0 Å². The zero-order valence-corrected chi connectivity index (χ0v) is 22.7. The number of hydrogen-bond acceptors (Lipinski definition) is 5. The molecule has 7 nitrogen and oxygen atoms in total. The van der Waals surface area contributed by atoms with Crippen LogP contribution in [0.3, 0.4) is 0 Å². The molecule has 0 spiro atoms. The number of benzene rings is 3. The lowest BCUT2D eigenvalue weighted by atomic mass is 10.00. The predicted molar refractivity (Wildman–Crippen MR) is 149 cm³/mol. The average molecular weight is 552 g/mol. The predicted octanol–water partition coefficient (Wildman–Crippen LogP) is 4.37. The van der Waals surface area contributed by atoms with Crippen molar-refractivity contribution < 1.29 is 28.2 Å². The van der Waals surface area contributed by atoms with Crippen molar-refractivity contribution in [2.45, 2.75) is 57.9 Å². The van der Waals surface area contributed by atoms with Crippen molar-refractivity contribution in [3.63, 3.8) is 0 Å². The second-order valence-electron chi connectivity index (χ2n) is 10.3. The Hall–Kier alpha value is -3.82. The van der Waals surface area contributed by atoms with Gasteiger partial charge in [-0.2, -0.15) is 0 Å². The third-order valence-corrected chi connectivity index (χ3v) is 6.59. The van der Waals surface area contributed by atoms with E-state index in [2.05, 4.69) is 10.6 Å². The Morgan fingerprint density at radius 2 is 1.75 bits per heavy atom. The number of carbonyl (C=O) groups is 2. The molecule has 0 radical (unpaired) electrons. The Bertz CT molecular complexity index is 1300. The molecule has 0 aromatic heterocycles. The number of anilines is 1. The molecule has 0 unspecified atom stereocenters. The molecule has 1 aliphatic rings. The van der Waals surface area contributed by atoms with Crippen LogP contribution in [0.4, 0.5) is 14.5 Å². The highest BCUT2D eigenvalue weighted by Crippen LogP contribution is 2.28. The maximum Gasteiger partial charge on any atom is 0.251 e. The van der Waals surface area contributed by atoms with E-state index in [9.17, 15) is 23.5 Å². The maximum absolute atomic E-state index is 13.5. The van der Waals surface area contributed by atoms with Gasteiger partial charge in [0.05, 0.1) is 18.2 Å². The van der Waals surface area contributed by atoms with E-state index in [1.165, 1.54) is 12.1 Å². The summed E-state index contributed by atoms with van der Waals surface area (Å²) in [4.78, 5) is 27.6. The van der Waals surface area contributed by atoms with Crippen LogP contribution >= 0.6 is 0 Å². The monoisotopic (exact) mass is 551 g/mol. The summed E-state index contributed by atoms with van der Waals surface area (Å²) in [6.07, 6.45) is 0.403. The van der Waals surface area contributed by atoms with Gasteiger partial charge in [0.2, 0.25) is 5.91 Å². The number of carbonyl (C=O) groups excluding carboxylic acids is 2. The van der Waals surface area contributed by atoms with Crippen molar-refractivity contribution in [1.29, 1.82) is 0 Å². The summed E-state index contributed by atoms with van der Waals surface area (Å²) in [5.74, 6) is -1.30. The summed E-state index contributed by atoms with van der Waals surface area (Å²) in [5, 5.41) is 17.1. The number of rotatable bonds is 12. The lowest BCUT2D eigenvalue weighted by Gasteiger charge is -2.26. The lowest BCUT2D eigenvalue weighted by Crippen LogP contribution is -2.48. The summed E-state index contributed by atoms with van der Waals surface area (Å²) >= 11 is 0. The molecule has 1 fully saturated rings. The van der Waals surface area contributed by atoms with E-state index in [0.717, 1.165) is 18.1 Å². The van der Waals surface area contributed by atoms with Gasteiger partial charge in [-0.3, -0.25) is 9.59 Å². The number of aliphatic hydroxyl groups excluding tert-OH is 1. The van der Waals surface area contributed by atoms with Crippen LogP contribution in [0.1, 0.15) is 48.2 Å². The summed E-state index contributed by atoms with van der Waals surface area (Å²) in [7, 11) is 0. The highest BCUT2D eigenvalue weighted by molar-refractivity contribution is 5.99. The van der Waals surface area contributed by atoms with Gasteiger partial charge in [-0.25, -0.2) is 8.78 Å². The average Bonchev–Trinajstić information content (AvgIpc) is 3.33. The molecule has 212 valence electrons. The number of aliphatic hydroxyl groups is 1. The molecule has 1 heterocycles. The van der Waals surface area contributed by atoms with Crippen molar-refractivity contribution >= 4 is 17.5 Å². The van der Waals surface area contributed by atoms with Crippen LogP contribution in [0, 0.1) is 11.6 Å². The van der Waals surface area contributed by atoms with Crippen LogP contribution in [0.15, 0.2) is 66.7 Å². The minimum atomic E-state index is -1.02. The molecule has 1 aliphatic heterocycles. The largest absolute Gasteiger partial charge is 0.491 e. The summed E-state index contributed by atoms with van der Waals surface area (Å²) < 4.78 is 33.0. The molecule has 2 atom stereocenters. The zero-order valence-electron chi connectivity index (χ0n) is 22.7. The molecule has 0 saturated carbocycles. The van der Waals surface area contributed by atoms with Gasteiger partial charge in [-0.05, 0) is 62.1 Å². The lowest BCUT2D eigenvalue weighted by molar-refractivity contribution is -0.117. The fourth-order valence-electron chi connectivity index (χ4n) is 4.75. The van der Waals surface area contributed by atoms with E-state index < -0.39 is 29.7 Å². The fraction of sp³-hybridized carbons (Fsp3) is 0.355. The zero-order chi connectivity index (χ0) is 28.6. The van der Waals surface area contributed by atoms with Crippen LogP contribution in [-0.4, -0.2) is 48.3 Å². The fourth-order valence-corrected chi connectivity index (χ4v) is 4.75. The van der Waals surface area contributed by atoms with E-state index in [1.807, 2.05) is 44.2 Å². The van der Waals surface area contributed by atoms with Gasteiger partial charge in [0.25, 0.3) is 5.91 Å². The molecule has 2 amide bonds. The van der Waals surface area contributed by atoms with E-state index in [-0.39, 0.29) is 25.1 Å². The number of nitrogens with one attached hydrogen (secondary N) is 2. The van der Waals surface area contributed by atoms with E-state index in [4.69, 9.17) is 4.74 Å². The molecule has 9 heteroatoms. The third kappa shape index (κ3) is 8.09. The molecule has 1 saturated heterocycles. The van der Waals surface area contributed by atoms with Crippen LogP contribution < -0.4 is 20.3 Å². The highest BCUT2D eigenvalue weighted by Gasteiger charge is 2.26. The molecular weight excluding hydrogens is 516 g/mol. The van der Waals surface area contributed by atoms with Crippen molar-refractivity contribution in [1.82, 2.24) is 10.6 Å². The first-order valence-electron chi connectivity index (χ1n) is 13.5. The van der Waals surface area contributed by atoms with E-state index in [1.54, 1.807) is 23.1 Å². The molecule has 3 aromatic carbocycles. The minimum absolute atomic E-state index is 0.00492. The first-order valence-corrected chi connectivity index (χ1v) is 13.5. The Balaban J connectivity index is 1.52. The molecule has 0 bridgehead atoms. The van der Waals surface area contributed by atoms with Crippen molar-refractivity contribution in [3.8, 4) is 5.75 Å². The second kappa shape index (κ2) is 13.5. The summed E-state index contributed by atoms with van der Waals surface area (Å²) in [5.41, 5.74) is 2.22. The van der Waals surface area contributed by atoms with Gasteiger partial charge in [0.15, 0.2) is 0 Å². The molecule has 40 heavy (non-hydrogen) atoms. The molecule has 4 rings (SSSR count). The second-order valence-corrected chi connectivity index (χ2v) is 10.3. The van der Waals surface area contributed by atoms with Gasteiger partial charge < -0.3 is 25.4 Å². The van der Waals surface area contributed by atoms with Crippen LogP contribution in [-0.2, 0) is 17.8 Å². The highest BCUT2D eigenvalue weighted by atomic mass is 19.1. The normalized spacial score (nSPS) is 14.8. The Labute approximate surface area is 233 Å². The van der Waals surface area contributed by atoms with E-state index in [0.29, 0.717) is 42.0 Å². The van der Waals surface area contributed by atoms with Gasteiger partial charge in [0.1, 0.15) is 17.4 Å².